The van der Waals surface area contributed by atoms with Gasteiger partial charge in [0.1, 0.15) is 0 Å². The zero-order chi connectivity index (χ0) is 8.69. The second-order valence-electron chi connectivity index (χ2n) is 3.94. The Kier molecular flexibility index (Phi) is 6.69. The van der Waals surface area contributed by atoms with E-state index in [2.05, 4.69) is 27.7 Å². The third-order valence-electron chi connectivity index (χ3n) is 2.11. The lowest BCUT2D eigenvalue weighted by atomic mass is 9.94. The fourth-order valence-electron chi connectivity index (χ4n) is 1.55. The second-order valence-corrected chi connectivity index (χ2v) is 3.94. The third kappa shape index (κ3) is 7.90. The molecule has 0 spiro atoms. The quantitative estimate of drug-likeness (QED) is 0.507. The van der Waals surface area contributed by atoms with Crippen molar-refractivity contribution in [2.24, 2.45) is 11.8 Å². The van der Waals surface area contributed by atoms with Gasteiger partial charge in [-0.05, 0) is 18.3 Å². The molecule has 0 fully saturated rings. The first kappa shape index (κ1) is 11.0. The highest BCUT2D eigenvalue weighted by molar-refractivity contribution is 4.60. The molecule has 11 heavy (non-hydrogen) atoms. The molecule has 0 rings (SSSR count). The molecule has 0 heteroatoms. The number of unbranched alkanes of at least 4 members (excludes halogenated alkanes) is 2. The molecule has 0 saturated carbocycles. The lowest BCUT2D eigenvalue weighted by molar-refractivity contribution is 0.419. The van der Waals surface area contributed by atoms with Crippen LogP contribution in [0, 0.1) is 18.8 Å². The van der Waals surface area contributed by atoms with Crippen LogP contribution in [-0.2, 0) is 0 Å². The van der Waals surface area contributed by atoms with Gasteiger partial charge in [0.25, 0.3) is 0 Å². The molecule has 0 bridgehead atoms. The summed E-state index contributed by atoms with van der Waals surface area (Å²) in [5.74, 6) is 1.51. The highest BCUT2D eigenvalue weighted by atomic mass is 14.1. The minimum absolute atomic E-state index is 0.631. The molecule has 0 aromatic rings. The first-order chi connectivity index (χ1) is 5.16. The summed E-state index contributed by atoms with van der Waals surface area (Å²) in [5.41, 5.74) is 0. The molecule has 0 aromatic heterocycles. The summed E-state index contributed by atoms with van der Waals surface area (Å²) in [7, 11) is 0. The van der Waals surface area contributed by atoms with E-state index in [9.17, 15) is 0 Å². The molecule has 0 N–H and O–H groups in total. The number of hydrogen-bond acceptors (Lipinski definition) is 0. The van der Waals surface area contributed by atoms with Crippen molar-refractivity contribution in [3.63, 3.8) is 0 Å². The van der Waals surface area contributed by atoms with Gasteiger partial charge in [-0.1, -0.05) is 53.4 Å². The predicted octanol–water partition coefficient (Wildman–Crippen LogP) is 4.06. The van der Waals surface area contributed by atoms with Crippen LogP contribution in [0.25, 0.3) is 0 Å². The topological polar surface area (TPSA) is 0 Å². The van der Waals surface area contributed by atoms with Crippen molar-refractivity contribution in [1.82, 2.24) is 0 Å². The van der Waals surface area contributed by atoms with Gasteiger partial charge in [-0.25, -0.2) is 0 Å². The van der Waals surface area contributed by atoms with E-state index in [1.165, 1.54) is 32.1 Å². The second kappa shape index (κ2) is 6.69. The van der Waals surface area contributed by atoms with Crippen molar-refractivity contribution in [3.05, 3.63) is 6.92 Å². The van der Waals surface area contributed by atoms with E-state index < -0.39 is 0 Å². The maximum Gasteiger partial charge on any atom is -0.0440 e. The van der Waals surface area contributed by atoms with Gasteiger partial charge >= 0.3 is 0 Å². The molecule has 0 aliphatic rings. The molecular weight excluding hydrogens is 132 g/mol. The standard InChI is InChI=1S/C11H23/c1-5-6-7-8-11(4)9-10(2)3/h10-11H,2,5-9H2,1,3-4H3. The largest absolute Gasteiger partial charge is 0.0654 e. The van der Waals surface area contributed by atoms with E-state index in [1.54, 1.807) is 0 Å². The molecule has 0 aliphatic heterocycles. The fraction of sp³-hybridized carbons (Fsp3) is 0.909. The van der Waals surface area contributed by atoms with Crippen molar-refractivity contribution in [1.29, 1.82) is 0 Å². The maximum absolute atomic E-state index is 4.01. The van der Waals surface area contributed by atoms with Crippen molar-refractivity contribution in [2.75, 3.05) is 0 Å². The summed E-state index contributed by atoms with van der Waals surface area (Å²) < 4.78 is 0. The van der Waals surface area contributed by atoms with Crippen molar-refractivity contribution in [3.8, 4) is 0 Å². The van der Waals surface area contributed by atoms with E-state index in [0.29, 0.717) is 5.92 Å². The van der Waals surface area contributed by atoms with Crippen LogP contribution in [-0.4, -0.2) is 0 Å². The molecule has 0 heterocycles. The smallest absolute Gasteiger partial charge is 0.0440 e. The highest BCUT2D eigenvalue weighted by Gasteiger charge is 2.03. The minimum atomic E-state index is 0.631. The van der Waals surface area contributed by atoms with E-state index in [-0.39, 0.29) is 0 Å². The summed E-state index contributed by atoms with van der Waals surface area (Å²) in [4.78, 5) is 0. The predicted molar refractivity (Wildman–Crippen MR) is 52.4 cm³/mol. The molecule has 2 unspecified atom stereocenters. The Morgan fingerprint density at radius 1 is 1.18 bits per heavy atom. The van der Waals surface area contributed by atoms with Crippen molar-refractivity contribution in [2.45, 2.75) is 52.9 Å². The van der Waals surface area contributed by atoms with Gasteiger partial charge in [-0.15, -0.1) is 0 Å². The zero-order valence-electron chi connectivity index (χ0n) is 8.40. The number of hydrogen-bond donors (Lipinski definition) is 0. The fourth-order valence-corrected chi connectivity index (χ4v) is 1.55. The van der Waals surface area contributed by atoms with Crippen molar-refractivity contribution >= 4 is 0 Å². The van der Waals surface area contributed by atoms with Crippen LogP contribution in [0.5, 0.6) is 0 Å². The lowest BCUT2D eigenvalue weighted by Gasteiger charge is -2.12. The van der Waals surface area contributed by atoms with Crippen LogP contribution in [0.1, 0.15) is 52.9 Å². The SMILES string of the molecule is [CH2]C(C)CC(C)CCCCC. The molecule has 0 aromatic carbocycles. The summed E-state index contributed by atoms with van der Waals surface area (Å²) in [6, 6.07) is 0. The average molecular weight is 155 g/mol. The Bertz CT molecular complexity index is 74.1. The zero-order valence-corrected chi connectivity index (χ0v) is 8.40. The van der Waals surface area contributed by atoms with Gasteiger partial charge in [0.15, 0.2) is 0 Å². The first-order valence-corrected chi connectivity index (χ1v) is 4.99. The van der Waals surface area contributed by atoms with Crippen LogP contribution in [0.4, 0.5) is 0 Å². The van der Waals surface area contributed by atoms with Crippen LogP contribution < -0.4 is 0 Å². The van der Waals surface area contributed by atoms with Gasteiger partial charge < -0.3 is 0 Å². The molecular formula is C11H23. The van der Waals surface area contributed by atoms with E-state index >= 15 is 0 Å². The van der Waals surface area contributed by atoms with Gasteiger partial charge in [0, 0.05) is 0 Å². The van der Waals surface area contributed by atoms with Crippen LogP contribution in [0.3, 0.4) is 0 Å². The van der Waals surface area contributed by atoms with E-state index in [0.717, 1.165) is 5.92 Å². The highest BCUT2D eigenvalue weighted by Crippen LogP contribution is 2.17. The molecule has 1 radical (unpaired) electrons. The van der Waals surface area contributed by atoms with Gasteiger partial charge in [0.2, 0.25) is 0 Å². The minimum Gasteiger partial charge on any atom is -0.0654 e. The molecule has 0 nitrogen and oxygen atoms in total. The Balaban J connectivity index is 3.15. The summed E-state index contributed by atoms with van der Waals surface area (Å²) in [6.45, 7) is 10.8. The average Bonchev–Trinajstić information content (AvgIpc) is 1.86. The van der Waals surface area contributed by atoms with Crippen LogP contribution in [0.2, 0.25) is 0 Å². The van der Waals surface area contributed by atoms with Gasteiger partial charge in [-0.3, -0.25) is 0 Å². The Labute approximate surface area is 72.4 Å². The first-order valence-electron chi connectivity index (χ1n) is 4.99. The van der Waals surface area contributed by atoms with E-state index in [4.69, 9.17) is 0 Å². The molecule has 2 atom stereocenters. The normalized spacial score (nSPS) is 13.9. The molecule has 0 aliphatic carbocycles. The molecule has 0 amide bonds. The third-order valence-corrected chi connectivity index (χ3v) is 2.11. The Morgan fingerprint density at radius 2 is 1.82 bits per heavy atom. The van der Waals surface area contributed by atoms with Crippen molar-refractivity contribution < 1.29 is 0 Å². The van der Waals surface area contributed by atoms with Gasteiger partial charge in [-0.2, -0.15) is 0 Å². The summed E-state index contributed by atoms with van der Waals surface area (Å²) >= 11 is 0. The monoisotopic (exact) mass is 155 g/mol. The molecule has 0 saturated heterocycles. The molecule has 67 valence electrons. The maximum atomic E-state index is 4.01. The Morgan fingerprint density at radius 3 is 2.27 bits per heavy atom. The van der Waals surface area contributed by atoms with Gasteiger partial charge in [0.05, 0.1) is 0 Å². The number of rotatable bonds is 6. The summed E-state index contributed by atoms with van der Waals surface area (Å²) in [5, 5.41) is 0. The lowest BCUT2D eigenvalue weighted by Crippen LogP contribution is -1.99. The van der Waals surface area contributed by atoms with Crippen LogP contribution in [0.15, 0.2) is 0 Å². The summed E-state index contributed by atoms with van der Waals surface area (Å²) in [6.07, 6.45) is 6.84. The Hall–Kier alpha value is 0. The van der Waals surface area contributed by atoms with E-state index in [1.807, 2.05) is 0 Å². The van der Waals surface area contributed by atoms with Crippen LogP contribution >= 0.6 is 0 Å².